The number of nitrogens with one attached hydrogen (secondary N) is 1. The third kappa shape index (κ3) is 3.97. The summed E-state index contributed by atoms with van der Waals surface area (Å²) in [6.45, 7) is 3.87. The van der Waals surface area contributed by atoms with Crippen LogP contribution < -0.4 is 5.32 Å². The Morgan fingerprint density at radius 2 is 2.05 bits per heavy atom. The zero-order valence-corrected chi connectivity index (χ0v) is 13.2. The highest BCUT2D eigenvalue weighted by molar-refractivity contribution is 7.91. The molecule has 1 aliphatic rings. The largest absolute Gasteiger partial charge is 0.384 e. The second kappa shape index (κ2) is 6.93. The Hall–Kier alpha value is -1.56. The smallest absolute Gasteiger partial charge is 0.222 e. The van der Waals surface area contributed by atoms with E-state index in [1.165, 1.54) is 0 Å². The van der Waals surface area contributed by atoms with Gasteiger partial charge in [0.05, 0.1) is 16.3 Å². The molecule has 0 saturated carbocycles. The highest BCUT2D eigenvalue weighted by Crippen LogP contribution is 2.22. The van der Waals surface area contributed by atoms with Gasteiger partial charge in [0, 0.05) is 26.1 Å². The van der Waals surface area contributed by atoms with Crippen LogP contribution in [0.15, 0.2) is 29.2 Å². The van der Waals surface area contributed by atoms with Crippen molar-refractivity contribution in [1.29, 1.82) is 0 Å². The summed E-state index contributed by atoms with van der Waals surface area (Å²) in [5.41, 5.74) is 0.645. The Bertz CT molecular complexity index is 599. The van der Waals surface area contributed by atoms with Gasteiger partial charge in [-0.25, -0.2) is 8.42 Å². The van der Waals surface area contributed by atoms with Crippen LogP contribution in [0.3, 0.4) is 0 Å². The van der Waals surface area contributed by atoms with E-state index < -0.39 is 9.84 Å². The minimum atomic E-state index is -3.22. The van der Waals surface area contributed by atoms with Crippen LogP contribution in [0.25, 0.3) is 0 Å². The molecule has 1 N–H and O–H groups in total. The molecule has 116 valence electrons. The molecule has 21 heavy (non-hydrogen) atoms. The quantitative estimate of drug-likeness (QED) is 0.781. The molecule has 5 nitrogen and oxygen atoms in total. The van der Waals surface area contributed by atoms with E-state index >= 15 is 0 Å². The van der Waals surface area contributed by atoms with Gasteiger partial charge in [-0.3, -0.25) is 4.79 Å². The molecule has 0 aromatic heterocycles. The molecule has 0 aliphatic carbocycles. The van der Waals surface area contributed by atoms with Crippen LogP contribution in [0.1, 0.15) is 26.2 Å². The lowest BCUT2D eigenvalue weighted by molar-refractivity contribution is -0.127. The van der Waals surface area contributed by atoms with Crippen molar-refractivity contribution in [3.05, 3.63) is 24.3 Å². The molecule has 1 fully saturated rings. The van der Waals surface area contributed by atoms with Crippen LogP contribution in [0.5, 0.6) is 0 Å². The summed E-state index contributed by atoms with van der Waals surface area (Å²) >= 11 is 0. The number of amides is 1. The molecule has 1 aliphatic heterocycles. The number of hydrogen-bond acceptors (Lipinski definition) is 4. The molecule has 2 rings (SSSR count). The molecule has 1 amide bonds. The van der Waals surface area contributed by atoms with Gasteiger partial charge >= 0.3 is 0 Å². The average Bonchev–Trinajstić information content (AvgIpc) is 2.89. The molecule has 0 unspecified atom stereocenters. The number of carbonyl (C=O) groups is 1. The van der Waals surface area contributed by atoms with E-state index in [9.17, 15) is 13.2 Å². The summed E-state index contributed by atoms with van der Waals surface area (Å²) in [4.78, 5) is 13.7. The van der Waals surface area contributed by atoms with E-state index in [2.05, 4.69) is 5.32 Å². The number of hydrogen-bond donors (Lipinski definition) is 1. The van der Waals surface area contributed by atoms with Gasteiger partial charge in [0.2, 0.25) is 5.91 Å². The lowest BCUT2D eigenvalue weighted by atomic mass is 10.3. The van der Waals surface area contributed by atoms with Crippen molar-refractivity contribution >= 4 is 21.4 Å². The molecule has 1 aromatic carbocycles. The lowest BCUT2D eigenvalue weighted by Crippen LogP contribution is -2.27. The molecule has 1 heterocycles. The van der Waals surface area contributed by atoms with Gasteiger partial charge < -0.3 is 10.2 Å². The molecule has 0 bridgehead atoms. The molecule has 6 heteroatoms. The fourth-order valence-electron chi connectivity index (χ4n) is 2.47. The predicted molar refractivity (Wildman–Crippen MR) is 83.1 cm³/mol. The van der Waals surface area contributed by atoms with Crippen LogP contribution in [-0.4, -0.2) is 44.6 Å². The topological polar surface area (TPSA) is 66.5 Å². The first-order valence-corrected chi connectivity index (χ1v) is 9.03. The highest BCUT2D eigenvalue weighted by Gasteiger charge is 2.19. The summed E-state index contributed by atoms with van der Waals surface area (Å²) < 4.78 is 24.0. The van der Waals surface area contributed by atoms with E-state index in [0.717, 1.165) is 25.9 Å². The number of nitrogens with zero attached hydrogens (tertiary/aromatic N) is 1. The first-order chi connectivity index (χ1) is 10.0. The second-order valence-electron chi connectivity index (χ2n) is 5.16. The van der Waals surface area contributed by atoms with Crippen molar-refractivity contribution in [2.75, 3.05) is 30.7 Å². The van der Waals surface area contributed by atoms with Gasteiger partial charge in [0.1, 0.15) is 0 Å². The van der Waals surface area contributed by atoms with Crippen molar-refractivity contribution in [2.45, 2.75) is 31.1 Å². The maximum atomic E-state index is 12.0. The van der Waals surface area contributed by atoms with E-state index in [0.29, 0.717) is 23.5 Å². The third-order valence-corrected chi connectivity index (χ3v) is 5.48. The maximum absolute atomic E-state index is 12.0. The Morgan fingerprint density at radius 1 is 1.29 bits per heavy atom. The van der Waals surface area contributed by atoms with Gasteiger partial charge in [-0.1, -0.05) is 19.1 Å². The van der Waals surface area contributed by atoms with Crippen molar-refractivity contribution < 1.29 is 13.2 Å². The Balaban J connectivity index is 1.90. The van der Waals surface area contributed by atoms with E-state index in [1.807, 2.05) is 11.0 Å². The molecule has 1 aromatic rings. The van der Waals surface area contributed by atoms with Gasteiger partial charge in [-0.05, 0) is 25.0 Å². The zero-order valence-electron chi connectivity index (χ0n) is 12.3. The first kappa shape index (κ1) is 15.8. The Morgan fingerprint density at radius 3 is 2.71 bits per heavy atom. The maximum Gasteiger partial charge on any atom is 0.222 e. The second-order valence-corrected chi connectivity index (χ2v) is 7.41. The van der Waals surface area contributed by atoms with Crippen LogP contribution in [-0.2, 0) is 14.6 Å². The summed E-state index contributed by atoms with van der Waals surface area (Å²) in [7, 11) is -3.22. The summed E-state index contributed by atoms with van der Waals surface area (Å²) in [5, 5.41) is 3.18. The number of para-hydroxylation sites is 1. The molecule has 1 saturated heterocycles. The number of sulfone groups is 1. The van der Waals surface area contributed by atoms with Crippen LogP contribution in [0.4, 0.5) is 5.69 Å². The summed E-state index contributed by atoms with van der Waals surface area (Å²) in [6, 6.07) is 6.96. The van der Waals surface area contributed by atoms with E-state index in [-0.39, 0.29) is 11.7 Å². The number of anilines is 1. The Labute approximate surface area is 126 Å². The van der Waals surface area contributed by atoms with E-state index in [4.69, 9.17) is 0 Å². The van der Waals surface area contributed by atoms with Crippen LogP contribution in [0.2, 0.25) is 0 Å². The Kier molecular flexibility index (Phi) is 5.22. The lowest BCUT2D eigenvalue weighted by Gasteiger charge is -2.16. The number of carbonyl (C=O) groups excluding carboxylic acids is 1. The molecule has 0 spiro atoms. The fourth-order valence-corrected chi connectivity index (χ4v) is 3.55. The minimum Gasteiger partial charge on any atom is -0.384 e. The monoisotopic (exact) mass is 310 g/mol. The van der Waals surface area contributed by atoms with Crippen molar-refractivity contribution in [3.63, 3.8) is 0 Å². The normalized spacial score (nSPS) is 15.5. The molecular formula is C15H22N2O3S. The number of benzene rings is 1. The highest BCUT2D eigenvalue weighted by atomic mass is 32.2. The fraction of sp³-hybridized carbons (Fsp3) is 0.533. The van der Waals surface area contributed by atoms with Crippen LogP contribution >= 0.6 is 0 Å². The van der Waals surface area contributed by atoms with Crippen LogP contribution in [0, 0.1) is 0 Å². The summed E-state index contributed by atoms with van der Waals surface area (Å²) in [6.07, 6.45) is 2.42. The van der Waals surface area contributed by atoms with Crippen molar-refractivity contribution in [2.24, 2.45) is 0 Å². The SMILES string of the molecule is CCS(=O)(=O)c1ccccc1NCCCN1CCCC1=O. The first-order valence-electron chi connectivity index (χ1n) is 7.38. The zero-order chi connectivity index (χ0) is 15.3. The van der Waals surface area contributed by atoms with Crippen molar-refractivity contribution in [3.8, 4) is 0 Å². The predicted octanol–water partition coefficient (Wildman–Crippen LogP) is 1.90. The van der Waals surface area contributed by atoms with E-state index in [1.54, 1.807) is 25.1 Å². The third-order valence-electron chi connectivity index (χ3n) is 3.69. The molecular weight excluding hydrogens is 288 g/mol. The van der Waals surface area contributed by atoms with Crippen molar-refractivity contribution in [1.82, 2.24) is 4.90 Å². The van der Waals surface area contributed by atoms with Gasteiger partial charge in [0.25, 0.3) is 0 Å². The average molecular weight is 310 g/mol. The van der Waals surface area contributed by atoms with Gasteiger partial charge in [-0.2, -0.15) is 0 Å². The minimum absolute atomic E-state index is 0.0912. The molecule has 0 atom stereocenters. The summed E-state index contributed by atoms with van der Waals surface area (Å²) in [5.74, 6) is 0.317. The standard InChI is InChI=1S/C15H22N2O3S/c1-2-21(19,20)14-8-4-3-7-13(14)16-10-6-12-17-11-5-9-15(17)18/h3-4,7-8,16H,2,5-6,9-12H2,1H3. The number of likely N-dealkylation sites (tertiary alicyclic amines) is 1. The molecule has 0 radical (unpaired) electrons. The van der Waals surface area contributed by atoms with Gasteiger partial charge in [0.15, 0.2) is 9.84 Å². The van der Waals surface area contributed by atoms with Gasteiger partial charge in [-0.15, -0.1) is 0 Å². The number of rotatable bonds is 7.